The summed E-state index contributed by atoms with van der Waals surface area (Å²) in [5, 5.41) is 0. The molecule has 4 N–H and O–H groups in total. The van der Waals surface area contributed by atoms with E-state index in [1.807, 2.05) is 0 Å². The first-order valence-corrected chi connectivity index (χ1v) is 3.66. The van der Waals surface area contributed by atoms with Gasteiger partial charge in [0, 0.05) is 11.8 Å². The third-order valence-corrected chi connectivity index (χ3v) is 1.46. The maximum absolute atomic E-state index is 10.6. The predicted molar refractivity (Wildman–Crippen MR) is 50.2 cm³/mol. The van der Waals surface area contributed by atoms with Gasteiger partial charge in [0.25, 0.3) is 0 Å². The standard InChI is InChI=1S/C9H10N2O2/c10-8-4-1-7(2-5-8)3-6-9(12)13-11/h1-6H,10-11H2/b6-3+. The van der Waals surface area contributed by atoms with Crippen molar-refractivity contribution in [1.82, 2.24) is 0 Å². The number of hydrogen-bond donors (Lipinski definition) is 2. The fourth-order valence-corrected chi connectivity index (χ4v) is 0.811. The van der Waals surface area contributed by atoms with Crippen LogP contribution in [-0.2, 0) is 9.63 Å². The second kappa shape index (κ2) is 4.27. The first-order chi connectivity index (χ1) is 6.22. The molecule has 0 aliphatic carbocycles. The molecular weight excluding hydrogens is 168 g/mol. The van der Waals surface area contributed by atoms with Gasteiger partial charge in [0.15, 0.2) is 0 Å². The van der Waals surface area contributed by atoms with Gasteiger partial charge in [-0.05, 0) is 23.8 Å². The highest BCUT2D eigenvalue weighted by Crippen LogP contribution is 2.06. The van der Waals surface area contributed by atoms with Crippen LogP contribution in [0.1, 0.15) is 5.56 Å². The first kappa shape index (κ1) is 9.28. The molecule has 1 aromatic carbocycles. The van der Waals surface area contributed by atoms with Crippen molar-refractivity contribution in [3.63, 3.8) is 0 Å². The van der Waals surface area contributed by atoms with E-state index in [0.29, 0.717) is 5.69 Å². The molecule has 1 aromatic rings. The van der Waals surface area contributed by atoms with E-state index in [1.165, 1.54) is 6.08 Å². The van der Waals surface area contributed by atoms with Gasteiger partial charge in [-0.15, -0.1) is 0 Å². The Morgan fingerprint density at radius 1 is 1.31 bits per heavy atom. The summed E-state index contributed by atoms with van der Waals surface area (Å²) in [5.41, 5.74) is 7.01. The number of rotatable bonds is 2. The number of carbonyl (C=O) groups is 1. The Kier molecular flexibility index (Phi) is 3.05. The molecule has 0 heterocycles. The van der Waals surface area contributed by atoms with Gasteiger partial charge in [0.05, 0.1) is 0 Å². The fourth-order valence-electron chi connectivity index (χ4n) is 0.811. The largest absolute Gasteiger partial charge is 0.399 e. The summed E-state index contributed by atoms with van der Waals surface area (Å²) in [4.78, 5) is 14.5. The van der Waals surface area contributed by atoms with Crippen LogP contribution in [0.3, 0.4) is 0 Å². The molecule has 4 nitrogen and oxygen atoms in total. The first-order valence-electron chi connectivity index (χ1n) is 3.66. The number of benzene rings is 1. The molecule has 0 saturated heterocycles. The topological polar surface area (TPSA) is 78.3 Å². The number of carbonyl (C=O) groups excluding carboxylic acids is 1. The lowest BCUT2D eigenvalue weighted by Gasteiger charge is -1.94. The molecule has 68 valence electrons. The van der Waals surface area contributed by atoms with Crippen LogP contribution in [0.5, 0.6) is 0 Å². The lowest BCUT2D eigenvalue weighted by molar-refractivity contribution is -0.138. The predicted octanol–water partition coefficient (Wildman–Crippen LogP) is 0.699. The van der Waals surface area contributed by atoms with Gasteiger partial charge in [-0.2, -0.15) is 5.90 Å². The molecular formula is C9H10N2O2. The molecule has 0 amide bonds. The highest BCUT2D eigenvalue weighted by molar-refractivity contribution is 5.86. The third-order valence-electron chi connectivity index (χ3n) is 1.46. The Balaban J connectivity index is 2.69. The summed E-state index contributed by atoms with van der Waals surface area (Å²) in [6, 6.07) is 7.06. The van der Waals surface area contributed by atoms with Crippen LogP contribution in [0, 0.1) is 0 Å². The molecule has 1 rings (SSSR count). The minimum Gasteiger partial charge on any atom is -0.399 e. The van der Waals surface area contributed by atoms with Crippen LogP contribution in [0.25, 0.3) is 6.08 Å². The number of hydrogen-bond acceptors (Lipinski definition) is 4. The molecule has 0 aromatic heterocycles. The molecule has 0 atom stereocenters. The van der Waals surface area contributed by atoms with Gasteiger partial charge in [-0.25, -0.2) is 4.79 Å². The second-order valence-corrected chi connectivity index (χ2v) is 2.44. The normalized spacial score (nSPS) is 10.2. The Labute approximate surface area is 75.7 Å². The second-order valence-electron chi connectivity index (χ2n) is 2.44. The van der Waals surface area contributed by atoms with Crippen LogP contribution < -0.4 is 11.6 Å². The average molecular weight is 178 g/mol. The van der Waals surface area contributed by atoms with Crippen molar-refractivity contribution in [3.8, 4) is 0 Å². The minimum atomic E-state index is -0.586. The Morgan fingerprint density at radius 3 is 2.46 bits per heavy atom. The van der Waals surface area contributed by atoms with Gasteiger partial charge < -0.3 is 10.6 Å². The lowest BCUT2D eigenvalue weighted by atomic mass is 10.2. The van der Waals surface area contributed by atoms with Crippen LogP contribution in [0.2, 0.25) is 0 Å². The van der Waals surface area contributed by atoms with Crippen molar-refractivity contribution in [2.45, 2.75) is 0 Å². The molecule has 0 fully saturated rings. The summed E-state index contributed by atoms with van der Waals surface area (Å²) in [6.45, 7) is 0. The van der Waals surface area contributed by atoms with Gasteiger partial charge >= 0.3 is 5.97 Å². The molecule has 0 spiro atoms. The number of nitrogens with two attached hydrogens (primary N) is 2. The zero-order chi connectivity index (χ0) is 9.68. The van der Waals surface area contributed by atoms with E-state index in [9.17, 15) is 4.79 Å². The summed E-state index contributed by atoms with van der Waals surface area (Å²) in [5.74, 6) is 4.05. The third kappa shape index (κ3) is 2.96. The molecule has 0 radical (unpaired) electrons. The molecule has 0 bridgehead atoms. The lowest BCUT2D eigenvalue weighted by Crippen LogP contribution is -2.05. The molecule has 13 heavy (non-hydrogen) atoms. The summed E-state index contributed by atoms with van der Waals surface area (Å²) in [7, 11) is 0. The van der Waals surface area contributed by atoms with Gasteiger partial charge in [0.2, 0.25) is 0 Å². The molecule has 0 unspecified atom stereocenters. The smallest absolute Gasteiger partial charge is 0.349 e. The van der Waals surface area contributed by atoms with Gasteiger partial charge in [-0.3, -0.25) is 0 Å². The van der Waals surface area contributed by atoms with Crippen molar-refractivity contribution in [2.24, 2.45) is 5.90 Å². The molecule has 0 saturated carbocycles. The quantitative estimate of drug-likeness (QED) is 0.397. The SMILES string of the molecule is NOC(=O)/C=C/c1ccc(N)cc1. The van der Waals surface area contributed by atoms with Crippen molar-refractivity contribution >= 4 is 17.7 Å². The van der Waals surface area contributed by atoms with Gasteiger partial charge in [0.1, 0.15) is 0 Å². The van der Waals surface area contributed by atoms with E-state index in [0.717, 1.165) is 5.56 Å². The molecule has 0 aliphatic rings. The van der Waals surface area contributed by atoms with E-state index < -0.39 is 5.97 Å². The maximum Gasteiger partial charge on any atom is 0.349 e. The molecule has 4 heteroatoms. The Morgan fingerprint density at radius 2 is 1.92 bits per heavy atom. The Bertz CT molecular complexity index is 317. The Hall–Kier alpha value is -1.81. The zero-order valence-corrected chi connectivity index (χ0v) is 6.94. The number of anilines is 1. The van der Waals surface area contributed by atoms with E-state index >= 15 is 0 Å². The summed E-state index contributed by atoms with van der Waals surface area (Å²) >= 11 is 0. The monoisotopic (exact) mass is 178 g/mol. The van der Waals surface area contributed by atoms with Gasteiger partial charge in [-0.1, -0.05) is 12.1 Å². The van der Waals surface area contributed by atoms with Crippen LogP contribution in [0.4, 0.5) is 5.69 Å². The van der Waals surface area contributed by atoms with Crippen LogP contribution in [0.15, 0.2) is 30.3 Å². The highest BCUT2D eigenvalue weighted by Gasteiger charge is 1.92. The minimum absolute atomic E-state index is 0.586. The van der Waals surface area contributed by atoms with Crippen molar-refractivity contribution in [2.75, 3.05) is 5.73 Å². The maximum atomic E-state index is 10.6. The molecule has 0 aliphatic heterocycles. The summed E-state index contributed by atoms with van der Waals surface area (Å²) < 4.78 is 0. The van der Waals surface area contributed by atoms with Crippen molar-refractivity contribution < 1.29 is 9.63 Å². The fraction of sp³-hybridized carbons (Fsp3) is 0. The van der Waals surface area contributed by atoms with E-state index in [4.69, 9.17) is 5.73 Å². The van der Waals surface area contributed by atoms with Crippen molar-refractivity contribution in [3.05, 3.63) is 35.9 Å². The van der Waals surface area contributed by atoms with E-state index in [2.05, 4.69) is 10.7 Å². The summed E-state index contributed by atoms with van der Waals surface area (Å²) in [6.07, 6.45) is 2.83. The highest BCUT2D eigenvalue weighted by atomic mass is 16.7. The van der Waals surface area contributed by atoms with Crippen LogP contribution in [-0.4, -0.2) is 5.97 Å². The number of nitrogen functional groups attached to an aromatic ring is 1. The van der Waals surface area contributed by atoms with E-state index in [1.54, 1.807) is 30.3 Å². The van der Waals surface area contributed by atoms with E-state index in [-0.39, 0.29) is 0 Å². The van der Waals surface area contributed by atoms with Crippen LogP contribution >= 0.6 is 0 Å². The van der Waals surface area contributed by atoms with Crippen molar-refractivity contribution in [1.29, 1.82) is 0 Å². The average Bonchev–Trinajstić information content (AvgIpc) is 2.16. The zero-order valence-electron chi connectivity index (χ0n) is 6.94.